The van der Waals surface area contributed by atoms with Gasteiger partial charge in [0.2, 0.25) is 0 Å². The Bertz CT molecular complexity index is 1110. The maximum absolute atomic E-state index is 11.4. The molecule has 0 unspecified atom stereocenters. The molecule has 5 rings (SSSR count). The van der Waals surface area contributed by atoms with Gasteiger partial charge in [0.05, 0.1) is 26.4 Å². The maximum Gasteiger partial charge on any atom is 0.118 e. The summed E-state index contributed by atoms with van der Waals surface area (Å²) in [4.78, 5) is 2.58. The molecule has 2 aromatic rings. The summed E-state index contributed by atoms with van der Waals surface area (Å²) in [5.41, 5.74) is 4.05. The monoisotopic (exact) mass is 561 g/mol. The lowest BCUT2D eigenvalue weighted by atomic mass is 9.50. The number of rotatable bonds is 10. The van der Waals surface area contributed by atoms with E-state index in [1.54, 1.807) is 14.2 Å². The van der Waals surface area contributed by atoms with Crippen LogP contribution in [0.25, 0.3) is 0 Å². The van der Waals surface area contributed by atoms with Crippen molar-refractivity contribution in [2.24, 2.45) is 28.6 Å². The molecule has 7 atom stereocenters. The zero-order chi connectivity index (χ0) is 29.2. The van der Waals surface area contributed by atoms with E-state index in [0.29, 0.717) is 24.2 Å². The van der Waals surface area contributed by atoms with Gasteiger partial charge in [0.15, 0.2) is 0 Å². The number of benzene rings is 2. The van der Waals surface area contributed by atoms with Crippen LogP contribution in [0.2, 0.25) is 0 Å². The first-order chi connectivity index (χ1) is 19.7. The average molecular weight is 562 g/mol. The number of aliphatic hydroxyl groups is 2. The van der Waals surface area contributed by atoms with Gasteiger partial charge in [-0.2, -0.15) is 0 Å². The smallest absolute Gasteiger partial charge is 0.118 e. The Morgan fingerprint density at radius 3 is 1.95 bits per heavy atom. The number of ether oxygens (including phenoxy) is 2. The maximum atomic E-state index is 11.4. The van der Waals surface area contributed by atoms with Gasteiger partial charge in [-0.05, 0) is 122 Å². The number of hydrogen-bond donors (Lipinski definition) is 2. The van der Waals surface area contributed by atoms with Gasteiger partial charge in [0.1, 0.15) is 11.5 Å². The third-order valence-electron chi connectivity index (χ3n) is 11.4. The van der Waals surface area contributed by atoms with E-state index >= 15 is 0 Å². The molecule has 0 saturated heterocycles. The predicted molar refractivity (Wildman–Crippen MR) is 165 cm³/mol. The molecule has 0 radical (unpaired) electrons. The zero-order valence-corrected chi connectivity index (χ0v) is 25.6. The first-order valence-corrected chi connectivity index (χ1v) is 15.7. The molecule has 3 fully saturated rings. The number of fused-ring (bicyclic) bond motifs is 1. The van der Waals surface area contributed by atoms with Gasteiger partial charge in [-0.1, -0.05) is 50.3 Å². The van der Waals surface area contributed by atoms with Crippen molar-refractivity contribution in [1.29, 1.82) is 0 Å². The number of nitrogens with zero attached hydrogens (tertiary/aromatic N) is 1. The van der Waals surface area contributed by atoms with Crippen LogP contribution >= 0.6 is 0 Å². The molecule has 3 saturated carbocycles. The molecule has 5 nitrogen and oxygen atoms in total. The third kappa shape index (κ3) is 6.23. The Labute approximate surface area is 247 Å². The van der Waals surface area contributed by atoms with Gasteiger partial charge < -0.3 is 19.7 Å². The lowest BCUT2D eigenvalue weighted by Gasteiger charge is -2.56. The number of aliphatic hydroxyl groups excluding tert-OH is 2. The van der Waals surface area contributed by atoms with E-state index in [1.807, 2.05) is 24.3 Å². The molecule has 3 aliphatic rings. The summed E-state index contributed by atoms with van der Waals surface area (Å²) in [6.45, 7) is 12.1. The summed E-state index contributed by atoms with van der Waals surface area (Å²) in [6.07, 6.45) is 7.15. The van der Waals surface area contributed by atoms with Crippen molar-refractivity contribution >= 4 is 0 Å². The van der Waals surface area contributed by atoms with Gasteiger partial charge in [-0.15, -0.1) is 0 Å². The number of hydrogen-bond acceptors (Lipinski definition) is 5. The van der Waals surface area contributed by atoms with Crippen molar-refractivity contribution in [3.05, 3.63) is 71.8 Å². The average Bonchev–Trinajstić information content (AvgIpc) is 3.28. The predicted octanol–water partition coefficient (Wildman–Crippen LogP) is 7.01. The first kappa shape index (κ1) is 30.1. The van der Waals surface area contributed by atoms with Crippen LogP contribution in [-0.2, 0) is 13.1 Å². The molecule has 2 aromatic carbocycles. The fourth-order valence-corrected chi connectivity index (χ4v) is 8.66. The van der Waals surface area contributed by atoms with Crippen LogP contribution in [0.5, 0.6) is 11.5 Å². The quantitative estimate of drug-likeness (QED) is 0.306. The minimum absolute atomic E-state index is 0.147. The number of allylic oxidation sites excluding steroid dienone is 1. The molecular weight excluding hydrogens is 510 g/mol. The Morgan fingerprint density at radius 1 is 0.829 bits per heavy atom. The Morgan fingerprint density at radius 2 is 1.41 bits per heavy atom. The second kappa shape index (κ2) is 12.5. The Balaban J connectivity index is 1.40. The summed E-state index contributed by atoms with van der Waals surface area (Å²) >= 11 is 0. The Hall–Kier alpha value is -2.34. The van der Waals surface area contributed by atoms with Crippen LogP contribution < -0.4 is 9.47 Å². The molecule has 41 heavy (non-hydrogen) atoms. The van der Waals surface area contributed by atoms with Gasteiger partial charge in [-0.25, -0.2) is 0 Å². The van der Waals surface area contributed by atoms with Gasteiger partial charge in [0, 0.05) is 13.1 Å². The molecule has 0 bridgehead atoms. The molecule has 5 heteroatoms. The summed E-state index contributed by atoms with van der Waals surface area (Å²) in [7, 11) is 3.42. The van der Waals surface area contributed by atoms with Crippen LogP contribution in [0.4, 0.5) is 0 Å². The molecule has 0 aromatic heterocycles. The second-order valence-electron chi connectivity index (χ2n) is 13.6. The van der Waals surface area contributed by atoms with Crippen molar-refractivity contribution in [3.8, 4) is 11.5 Å². The lowest BCUT2D eigenvalue weighted by Crippen LogP contribution is -2.52. The van der Waals surface area contributed by atoms with E-state index in [0.717, 1.165) is 63.2 Å². The van der Waals surface area contributed by atoms with E-state index in [1.165, 1.54) is 29.5 Å². The Kier molecular flexibility index (Phi) is 9.18. The molecule has 3 aliphatic carbocycles. The molecular formula is C36H51NO4. The SMILES string of the molecule is C=C1CC[C@H]2[C@H](CCN(Cc3ccc(OC)cc3)Cc3ccc(OC)cc3)[C@@H]([C@@]3(C)CC[C@H](O)C[C@@H]3O)CC[C@]12C. The van der Waals surface area contributed by atoms with Crippen LogP contribution in [-0.4, -0.2) is 48.1 Å². The van der Waals surface area contributed by atoms with Crippen molar-refractivity contribution < 1.29 is 19.7 Å². The number of methoxy groups -OCH3 is 2. The summed E-state index contributed by atoms with van der Waals surface area (Å²) in [5, 5.41) is 21.7. The van der Waals surface area contributed by atoms with Crippen LogP contribution in [0, 0.1) is 28.6 Å². The van der Waals surface area contributed by atoms with Gasteiger partial charge >= 0.3 is 0 Å². The summed E-state index contributed by atoms with van der Waals surface area (Å²) in [5.74, 6) is 3.35. The minimum atomic E-state index is -0.442. The topological polar surface area (TPSA) is 62.2 Å². The summed E-state index contributed by atoms with van der Waals surface area (Å²) < 4.78 is 10.8. The highest BCUT2D eigenvalue weighted by molar-refractivity contribution is 5.29. The molecule has 0 aliphatic heterocycles. The molecule has 0 spiro atoms. The van der Waals surface area contributed by atoms with Crippen LogP contribution in [0.3, 0.4) is 0 Å². The fourth-order valence-electron chi connectivity index (χ4n) is 8.66. The molecule has 224 valence electrons. The zero-order valence-electron chi connectivity index (χ0n) is 25.6. The lowest BCUT2D eigenvalue weighted by molar-refractivity contribution is -0.121. The summed E-state index contributed by atoms with van der Waals surface area (Å²) in [6, 6.07) is 16.9. The van der Waals surface area contributed by atoms with E-state index in [-0.39, 0.29) is 16.9 Å². The minimum Gasteiger partial charge on any atom is -0.497 e. The van der Waals surface area contributed by atoms with Crippen molar-refractivity contribution in [1.82, 2.24) is 4.90 Å². The fraction of sp³-hybridized carbons (Fsp3) is 0.611. The highest BCUT2D eigenvalue weighted by Gasteiger charge is 2.56. The van der Waals surface area contributed by atoms with E-state index in [2.05, 4.69) is 49.6 Å². The van der Waals surface area contributed by atoms with Crippen LogP contribution in [0.15, 0.2) is 60.7 Å². The van der Waals surface area contributed by atoms with E-state index in [9.17, 15) is 10.2 Å². The van der Waals surface area contributed by atoms with Crippen molar-refractivity contribution in [2.75, 3.05) is 20.8 Å². The normalized spacial score (nSPS) is 33.5. The third-order valence-corrected chi connectivity index (χ3v) is 11.4. The van der Waals surface area contributed by atoms with Gasteiger partial charge in [-0.3, -0.25) is 4.90 Å². The van der Waals surface area contributed by atoms with E-state index in [4.69, 9.17) is 9.47 Å². The molecule has 0 amide bonds. The van der Waals surface area contributed by atoms with E-state index < -0.39 is 6.10 Å². The standard InChI is InChI=1S/C36H51NO4/c1-25-6-15-32-31(33(17-20-35(25,32)2)36(3)19-16-28(38)22-34(36)39)18-21-37(23-26-7-11-29(40-4)12-8-26)24-27-9-13-30(41-5)14-10-27/h7-14,28,31-34,38-39H,1,6,15-24H2,2-5H3/t28-,31-,32-,33-,34-,35+,36+/m0/s1. The van der Waals surface area contributed by atoms with Crippen molar-refractivity contribution in [2.45, 2.75) is 90.5 Å². The largest absolute Gasteiger partial charge is 0.497 e. The molecule has 0 heterocycles. The van der Waals surface area contributed by atoms with Crippen molar-refractivity contribution in [3.63, 3.8) is 0 Å². The van der Waals surface area contributed by atoms with Gasteiger partial charge in [0.25, 0.3) is 0 Å². The highest BCUT2D eigenvalue weighted by Crippen LogP contribution is 2.63. The second-order valence-corrected chi connectivity index (χ2v) is 13.6. The van der Waals surface area contributed by atoms with Crippen LogP contribution in [0.1, 0.15) is 76.3 Å². The first-order valence-electron chi connectivity index (χ1n) is 15.7. The molecule has 2 N–H and O–H groups in total. The highest BCUT2D eigenvalue weighted by atomic mass is 16.5.